The molecule has 0 radical (unpaired) electrons. The van der Waals surface area contributed by atoms with Crippen LogP contribution in [0.4, 0.5) is 9.59 Å². The number of carbonyl (C=O) groups excluding carboxylic acids is 3. The van der Waals surface area contributed by atoms with Crippen LogP contribution in [0.3, 0.4) is 0 Å². The third-order valence-corrected chi connectivity index (χ3v) is 6.51. The van der Waals surface area contributed by atoms with Gasteiger partial charge in [-0.1, -0.05) is 48.5 Å². The zero-order valence-electron chi connectivity index (χ0n) is 23.8. The number of amides is 3. The van der Waals surface area contributed by atoms with Crippen LogP contribution in [0.25, 0.3) is 11.1 Å². The number of fused-ring (bicyclic) bond motifs is 3. The van der Waals surface area contributed by atoms with E-state index in [0.29, 0.717) is 31.6 Å². The summed E-state index contributed by atoms with van der Waals surface area (Å²) >= 11 is 0. The lowest BCUT2D eigenvalue weighted by molar-refractivity contribution is -0.123. The molecule has 12 nitrogen and oxygen atoms in total. The SMILES string of the molecule is Cn1nnc(CNC(=O)[C@H](CCCCNC(=O)OC(C)(C)C)NC(=O)OCC2c3ccccc3-c3ccccc32)n1. The van der Waals surface area contributed by atoms with Crippen molar-refractivity contribution >= 4 is 18.1 Å². The summed E-state index contributed by atoms with van der Waals surface area (Å²) in [7, 11) is 1.63. The van der Waals surface area contributed by atoms with Crippen molar-refractivity contribution < 1.29 is 23.9 Å². The number of rotatable bonds is 11. The fraction of sp³-hybridized carbons (Fsp3) is 0.448. The third-order valence-electron chi connectivity index (χ3n) is 6.51. The number of tetrazole rings is 1. The molecule has 1 aliphatic carbocycles. The van der Waals surface area contributed by atoms with Gasteiger partial charge in [0.15, 0.2) is 5.82 Å². The Hall–Kier alpha value is -4.48. The largest absolute Gasteiger partial charge is 0.449 e. The Bertz CT molecular complexity index is 1320. The highest BCUT2D eigenvalue weighted by Crippen LogP contribution is 2.44. The van der Waals surface area contributed by atoms with Crippen LogP contribution in [-0.2, 0) is 27.9 Å². The lowest BCUT2D eigenvalue weighted by Crippen LogP contribution is -2.47. The summed E-state index contributed by atoms with van der Waals surface area (Å²) < 4.78 is 10.9. The quantitative estimate of drug-likeness (QED) is 0.301. The van der Waals surface area contributed by atoms with Gasteiger partial charge in [-0.25, -0.2) is 9.59 Å². The van der Waals surface area contributed by atoms with Gasteiger partial charge in [0.25, 0.3) is 0 Å². The van der Waals surface area contributed by atoms with E-state index in [1.807, 2.05) is 36.4 Å². The van der Waals surface area contributed by atoms with Crippen LogP contribution in [0.1, 0.15) is 62.9 Å². The highest BCUT2D eigenvalue weighted by atomic mass is 16.6. The molecule has 1 heterocycles. The predicted octanol–water partition coefficient (Wildman–Crippen LogP) is 3.43. The van der Waals surface area contributed by atoms with Gasteiger partial charge in [0.1, 0.15) is 18.2 Å². The van der Waals surface area contributed by atoms with E-state index in [4.69, 9.17) is 9.47 Å². The van der Waals surface area contributed by atoms with Gasteiger partial charge in [0.05, 0.1) is 13.6 Å². The van der Waals surface area contributed by atoms with Gasteiger partial charge in [0.2, 0.25) is 5.91 Å². The van der Waals surface area contributed by atoms with E-state index in [0.717, 1.165) is 22.3 Å². The van der Waals surface area contributed by atoms with Crippen molar-refractivity contribution in [3.05, 3.63) is 65.5 Å². The van der Waals surface area contributed by atoms with E-state index in [1.165, 1.54) is 4.80 Å². The van der Waals surface area contributed by atoms with Crippen molar-refractivity contribution in [1.29, 1.82) is 0 Å². The topological polar surface area (TPSA) is 149 Å². The first-order chi connectivity index (χ1) is 19.6. The Morgan fingerprint density at radius 1 is 0.951 bits per heavy atom. The summed E-state index contributed by atoms with van der Waals surface area (Å²) in [6, 6.07) is 15.3. The van der Waals surface area contributed by atoms with Crippen LogP contribution in [0, 0.1) is 0 Å². The van der Waals surface area contributed by atoms with E-state index in [1.54, 1.807) is 27.8 Å². The number of ether oxygens (including phenoxy) is 2. The molecule has 218 valence electrons. The molecular formula is C29H37N7O5. The number of hydrogen-bond acceptors (Lipinski definition) is 8. The average Bonchev–Trinajstić information content (AvgIpc) is 3.49. The molecule has 12 heteroatoms. The molecule has 1 aliphatic rings. The number of unbranched alkanes of at least 4 members (excludes halogenated alkanes) is 1. The second-order valence-electron chi connectivity index (χ2n) is 10.9. The van der Waals surface area contributed by atoms with Gasteiger partial charge >= 0.3 is 12.2 Å². The molecule has 0 bridgehead atoms. The standard InChI is InChI=1S/C29H37N7O5/c1-29(2,3)41-27(38)30-16-10-9-15-24(26(37)31-17-25-33-35-36(4)34-25)32-28(39)40-18-23-21-13-7-5-11-19(21)20-12-6-8-14-22(20)23/h5-8,11-14,23-24H,9-10,15-18H2,1-4H3,(H,30,38)(H,31,37)(H,32,39)/t24-/m0/s1. The molecule has 0 saturated carbocycles. The smallest absolute Gasteiger partial charge is 0.407 e. The lowest BCUT2D eigenvalue weighted by atomic mass is 9.98. The van der Waals surface area contributed by atoms with Gasteiger partial charge in [-0.15, -0.1) is 10.2 Å². The molecule has 0 fully saturated rings. The van der Waals surface area contributed by atoms with Crippen LogP contribution < -0.4 is 16.0 Å². The van der Waals surface area contributed by atoms with Crippen LogP contribution in [0.5, 0.6) is 0 Å². The van der Waals surface area contributed by atoms with Crippen LogP contribution in [0.15, 0.2) is 48.5 Å². The number of hydrogen-bond donors (Lipinski definition) is 3. The molecule has 4 rings (SSSR count). The van der Waals surface area contributed by atoms with Crippen molar-refractivity contribution in [3.8, 4) is 11.1 Å². The second kappa shape index (κ2) is 13.2. The molecule has 0 aliphatic heterocycles. The predicted molar refractivity (Wildman–Crippen MR) is 151 cm³/mol. The first-order valence-electron chi connectivity index (χ1n) is 13.7. The van der Waals surface area contributed by atoms with Gasteiger partial charge in [0, 0.05) is 12.5 Å². The summed E-state index contributed by atoms with van der Waals surface area (Å²) in [5.41, 5.74) is 3.88. The Morgan fingerprint density at radius 3 is 2.22 bits per heavy atom. The fourth-order valence-electron chi connectivity index (χ4n) is 4.71. The van der Waals surface area contributed by atoms with Gasteiger partial charge in [-0.05, 0) is 67.5 Å². The maximum absolute atomic E-state index is 13.0. The molecule has 3 N–H and O–H groups in total. The highest BCUT2D eigenvalue weighted by molar-refractivity contribution is 5.85. The molecule has 41 heavy (non-hydrogen) atoms. The number of carbonyl (C=O) groups is 3. The van der Waals surface area contributed by atoms with E-state index < -0.39 is 29.7 Å². The Balaban J connectivity index is 1.32. The van der Waals surface area contributed by atoms with Crippen LogP contribution in [-0.4, -0.2) is 63.1 Å². The molecule has 3 aromatic rings. The number of nitrogens with zero attached hydrogens (tertiary/aromatic N) is 4. The average molecular weight is 564 g/mol. The number of aromatic nitrogens is 4. The Labute approximate surface area is 239 Å². The van der Waals surface area contributed by atoms with Crippen LogP contribution in [0.2, 0.25) is 0 Å². The van der Waals surface area contributed by atoms with Crippen molar-refractivity contribution in [3.63, 3.8) is 0 Å². The molecule has 0 spiro atoms. The van der Waals surface area contributed by atoms with Gasteiger partial charge in [-0.3, -0.25) is 4.79 Å². The summed E-state index contributed by atoms with van der Waals surface area (Å²) in [5, 5.41) is 19.8. The molecule has 1 aromatic heterocycles. The summed E-state index contributed by atoms with van der Waals surface area (Å²) in [6.07, 6.45) is 0.290. The Morgan fingerprint density at radius 2 is 1.61 bits per heavy atom. The van der Waals surface area contributed by atoms with Gasteiger partial charge < -0.3 is 25.4 Å². The normalized spacial score (nSPS) is 13.1. The minimum atomic E-state index is -0.858. The van der Waals surface area contributed by atoms with Crippen molar-refractivity contribution in [2.24, 2.45) is 7.05 Å². The zero-order valence-corrected chi connectivity index (χ0v) is 23.8. The van der Waals surface area contributed by atoms with E-state index in [9.17, 15) is 14.4 Å². The van der Waals surface area contributed by atoms with Crippen molar-refractivity contribution in [2.75, 3.05) is 13.2 Å². The molecule has 0 saturated heterocycles. The molecule has 2 aromatic carbocycles. The third kappa shape index (κ3) is 8.26. The number of benzene rings is 2. The lowest BCUT2D eigenvalue weighted by Gasteiger charge is -2.20. The molecule has 3 amide bonds. The summed E-state index contributed by atoms with van der Waals surface area (Å²) in [4.78, 5) is 39.1. The maximum Gasteiger partial charge on any atom is 0.407 e. The molecule has 1 atom stereocenters. The summed E-state index contributed by atoms with van der Waals surface area (Å²) in [6.45, 7) is 5.95. The number of nitrogens with one attached hydrogen (secondary N) is 3. The number of alkyl carbamates (subject to hydrolysis) is 2. The van der Waals surface area contributed by atoms with Crippen molar-refractivity contribution in [1.82, 2.24) is 36.2 Å². The highest BCUT2D eigenvalue weighted by Gasteiger charge is 2.30. The molecular weight excluding hydrogens is 526 g/mol. The minimum Gasteiger partial charge on any atom is -0.449 e. The molecule has 0 unspecified atom stereocenters. The van der Waals surface area contributed by atoms with Gasteiger partial charge in [-0.2, -0.15) is 4.80 Å². The first kappa shape index (κ1) is 29.5. The van der Waals surface area contributed by atoms with Crippen LogP contribution >= 0.6 is 0 Å². The first-order valence-corrected chi connectivity index (χ1v) is 13.7. The maximum atomic E-state index is 13.0. The van der Waals surface area contributed by atoms with Crippen molar-refractivity contribution in [2.45, 2.75) is 64.1 Å². The second-order valence-corrected chi connectivity index (χ2v) is 10.9. The van der Waals surface area contributed by atoms with E-state index >= 15 is 0 Å². The summed E-state index contributed by atoms with van der Waals surface area (Å²) in [5.74, 6) is -0.143. The minimum absolute atomic E-state index is 0.0652. The van der Waals surface area contributed by atoms with E-state index in [-0.39, 0.29) is 19.1 Å². The zero-order chi connectivity index (χ0) is 29.4. The monoisotopic (exact) mass is 563 g/mol. The fourth-order valence-corrected chi connectivity index (χ4v) is 4.71. The number of aryl methyl sites for hydroxylation is 1. The Kier molecular flexibility index (Phi) is 9.53. The van der Waals surface area contributed by atoms with E-state index in [2.05, 4.69) is 43.5 Å².